The summed E-state index contributed by atoms with van der Waals surface area (Å²) in [6, 6.07) is 4.72. The fraction of sp³-hybridized carbons (Fsp3) is 0.417. The van der Waals surface area contributed by atoms with E-state index in [1.54, 1.807) is 17.0 Å². The average molecular weight is 302 g/mol. The van der Waals surface area contributed by atoms with Crippen LogP contribution in [-0.4, -0.2) is 29.1 Å². The molecule has 0 bridgehead atoms. The van der Waals surface area contributed by atoms with Crippen molar-refractivity contribution in [2.75, 3.05) is 13.2 Å². The molecule has 1 aliphatic rings. The van der Waals surface area contributed by atoms with Crippen LogP contribution in [0.25, 0.3) is 0 Å². The van der Waals surface area contributed by atoms with Gasteiger partial charge in [-0.25, -0.2) is 4.39 Å². The molecule has 1 saturated heterocycles. The summed E-state index contributed by atoms with van der Waals surface area (Å²) in [6.07, 6.45) is 0.402. The molecule has 0 saturated carbocycles. The molecule has 0 radical (unpaired) electrons. The summed E-state index contributed by atoms with van der Waals surface area (Å²) >= 11 is 3.12. The largest absolute Gasteiger partial charge is 0.396 e. The van der Waals surface area contributed by atoms with Crippen LogP contribution >= 0.6 is 15.9 Å². The van der Waals surface area contributed by atoms with E-state index in [0.717, 1.165) is 5.56 Å². The molecule has 1 aromatic carbocycles. The van der Waals surface area contributed by atoms with Crippen molar-refractivity contribution >= 4 is 21.8 Å². The number of aliphatic hydroxyl groups is 1. The van der Waals surface area contributed by atoms with E-state index in [1.165, 1.54) is 6.07 Å². The third-order valence-electron chi connectivity index (χ3n) is 2.91. The van der Waals surface area contributed by atoms with Gasteiger partial charge in [-0.2, -0.15) is 0 Å². The maximum atomic E-state index is 13.0. The van der Waals surface area contributed by atoms with Crippen LogP contribution in [0.5, 0.6) is 0 Å². The quantitative estimate of drug-likeness (QED) is 0.927. The van der Waals surface area contributed by atoms with Gasteiger partial charge >= 0.3 is 0 Å². The highest BCUT2D eigenvalue weighted by atomic mass is 79.9. The first-order valence-corrected chi connectivity index (χ1v) is 6.22. The SMILES string of the molecule is O=C1CC(CO)CN1Cc1ccc(F)c(Br)c1. The molecule has 0 spiro atoms. The smallest absolute Gasteiger partial charge is 0.223 e. The van der Waals surface area contributed by atoms with E-state index in [1.807, 2.05) is 0 Å². The summed E-state index contributed by atoms with van der Waals surface area (Å²) in [5.41, 5.74) is 0.880. The number of aliphatic hydroxyl groups excluding tert-OH is 1. The molecule has 5 heteroatoms. The highest BCUT2D eigenvalue weighted by Crippen LogP contribution is 2.22. The number of amides is 1. The van der Waals surface area contributed by atoms with Crippen LogP contribution in [0, 0.1) is 11.7 Å². The third-order valence-corrected chi connectivity index (χ3v) is 3.52. The van der Waals surface area contributed by atoms with Gasteiger partial charge in [0.05, 0.1) is 4.47 Å². The van der Waals surface area contributed by atoms with Gasteiger partial charge < -0.3 is 10.0 Å². The van der Waals surface area contributed by atoms with Crippen LogP contribution in [0.2, 0.25) is 0 Å². The summed E-state index contributed by atoms with van der Waals surface area (Å²) < 4.78 is 13.4. The number of benzene rings is 1. The van der Waals surface area contributed by atoms with Gasteiger partial charge in [-0.3, -0.25) is 4.79 Å². The lowest BCUT2D eigenvalue weighted by molar-refractivity contribution is -0.128. The van der Waals surface area contributed by atoms with E-state index in [4.69, 9.17) is 5.11 Å². The first kappa shape index (κ1) is 12.5. The van der Waals surface area contributed by atoms with Crippen LogP contribution in [-0.2, 0) is 11.3 Å². The lowest BCUT2D eigenvalue weighted by Crippen LogP contribution is -2.24. The zero-order valence-electron chi connectivity index (χ0n) is 9.20. The summed E-state index contributed by atoms with van der Waals surface area (Å²) in [5.74, 6) is -0.231. The molecule has 1 atom stereocenters. The van der Waals surface area contributed by atoms with Gasteiger partial charge in [0.1, 0.15) is 5.82 Å². The fourth-order valence-corrected chi connectivity index (χ4v) is 2.41. The molecular weight excluding hydrogens is 289 g/mol. The van der Waals surface area contributed by atoms with Crippen LogP contribution in [0.3, 0.4) is 0 Å². The molecule has 1 aromatic rings. The Morgan fingerprint density at radius 3 is 2.88 bits per heavy atom. The molecule has 1 N–H and O–H groups in total. The van der Waals surface area contributed by atoms with E-state index in [9.17, 15) is 9.18 Å². The monoisotopic (exact) mass is 301 g/mol. The molecule has 3 nitrogen and oxygen atoms in total. The minimum Gasteiger partial charge on any atom is -0.396 e. The Hall–Kier alpha value is -0.940. The molecular formula is C12H13BrFNO2. The predicted molar refractivity (Wildman–Crippen MR) is 64.7 cm³/mol. The number of carbonyl (C=O) groups is 1. The molecule has 2 rings (SSSR count). The van der Waals surface area contributed by atoms with Crippen LogP contribution < -0.4 is 0 Å². The van der Waals surface area contributed by atoms with E-state index in [-0.39, 0.29) is 24.2 Å². The Balaban J connectivity index is 2.06. The van der Waals surface area contributed by atoms with E-state index < -0.39 is 0 Å². The van der Waals surface area contributed by atoms with E-state index in [2.05, 4.69) is 15.9 Å². The van der Waals surface area contributed by atoms with Crippen molar-refractivity contribution in [3.8, 4) is 0 Å². The van der Waals surface area contributed by atoms with Gasteiger partial charge in [-0.1, -0.05) is 6.07 Å². The number of nitrogens with zero attached hydrogens (tertiary/aromatic N) is 1. The van der Waals surface area contributed by atoms with Gasteiger partial charge in [0.15, 0.2) is 0 Å². The summed E-state index contributed by atoms with van der Waals surface area (Å²) in [5, 5.41) is 9.01. The number of rotatable bonds is 3. The van der Waals surface area contributed by atoms with Crippen LogP contribution in [0.4, 0.5) is 4.39 Å². The maximum Gasteiger partial charge on any atom is 0.223 e. The van der Waals surface area contributed by atoms with Gasteiger partial charge in [-0.05, 0) is 33.6 Å². The van der Waals surface area contributed by atoms with Crippen molar-refractivity contribution in [1.82, 2.24) is 4.90 Å². The van der Waals surface area contributed by atoms with Crippen LogP contribution in [0.1, 0.15) is 12.0 Å². The molecule has 0 aromatic heterocycles. The van der Waals surface area contributed by atoms with E-state index in [0.29, 0.717) is 24.0 Å². The standard InChI is InChI=1S/C12H13BrFNO2/c13-10-3-8(1-2-11(10)14)5-15-6-9(7-16)4-12(15)17/h1-3,9,16H,4-7H2. The van der Waals surface area contributed by atoms with Gasteiger partial charge in [0, 0.05) is 32.0 Å². The zero-order valence-corrected chi connectivity index (χ0v) is 10.8. The Bertz CT molecular complexity index is 439. The Morgan fingerprint density at radius 2 is 2.29 bits per heavy atom. The van der Waals surface area contributed by atoms with Crippen molar-refractivity contribution < 1.29 is 14.3 Å². The number of halogens is 2. The lowest BCUT2D eigenvalue weighted by atomic mass is 10.1. The molecule has 17 heavy (non-hydrogen) atoms. The average Bonchev–Trinajstić information content (AvgIpc) is 2.65. The molecule has 92 valence electrons. The number of hydrogen-bond donors (Lipinski definition) is 1. The molecule has 1 fully saturated rings. The summed E-state index contributed by atoms with van der Waals surface area (Å²) in [7, 11) is 0. The molecule has 1 amide bonds. The van der Waals surface area contributed by atoms with Crippen molar-refractivity contribution in [2.24, 2.45) is 5.92 Å². The Labute approximate surface area is 107 Å². The first-order valence-electron chi connectivity index (χ1n) is 5.42. The first-order chi connectivity index (χ1) is 8.10. The van der Waals surface area contributed by atoms with Crippen molar-refractivity contribution in [1.29, 1.82) is 0 Å². The van der Waals surface area contributed by atoms with Crippen molar-refractivity contribution in [3.63, 3.8) is 0 Å². The van der Waals surface area contributed by atoms with Crippen molar-refractivity contribution in [2.45, 2.75) is 13.0 Å². The van der Waals surface area contributed by atoms with Gasteiger partial charge in [0.2, 0.25) is 5.91 Å². The molecule has 1 aliphatic heterocycles. The van der Waals surface area contributed by atoms with Gasteiger partial charge in [-0.15, -0.1) is 0 Å². The highest BCUT2D eigenvalue weighted by Gasteiger charge is 2.28. The highest BCUT2D eigenvalue weighted by molar-refractivity contribution is 9.10. The number of hydrogen-bond acceptors (Lipinski definition) is 2. The topological polar surface area (TPSA) is 40.5 Å². The second kappa shape index (κ2) is 5.14. The number of carbonyl (C=O) groups excluding carboxylic acids is 1. The van der Waals surface area contributed by atoms with Gasteiger partial charge in [0.25, 0.3) is 0 Å². The van der Waals surface area contributed by atoms with Crippen LogP contribution in [0.15, 0.2) is 22.7 Å². The van der Waals surface area contributed by atoms with E-state index >= 15 is 0 Å². The maximum absolute atomic E-state index is 13.0. The second-order valence-electron chi connectivity index (χ2n) is 4.28. The predicted octanol–water partition coefficient (Wildman–Crippen LogP) is 1.93. The Kier molecular flexibility index (Phi) is 3.79. The lowest BCUT2D eigenvalue weighted by Gasteiger charge is -2.16. The molecule has 1 heterocycles. The molecule has 1 unspecified atom stereocenters. The third kappa shape index (κ3) is 2.84. The minimum absolute atomic E-state index is 0.0337. The zero-order chi connectivity index (χ0) is 12.4. The normalized spacial score (nSPS) is 20.1. The summed E-state index contributed by atoms with van der Waals surface area (Å²) in [6.45, 7) is 1.08. The number of likely N-dealkylation sites (tertiary alicyclic amines) is 1. The second-order valence-corrected chi connectivity index (χ2v) is 5.13. The molecule has 0 aliphatic carbocycles. The minimum atomic E-state index is -0.310. The van der Waals surface area contributed by atoms with Crippen molar-refractivity contribution in [3.05, 3.63) is 34.1 Å². The Morgan fingerprint density at radius 1 is 1.53 bits per heavy atom. The fourth-order valence-electron chi connectivity index (χ4n) is 1.99. The summed E-state index contributed by atoms with van der Waals surface area (Å²) in [4.78, 5) is 13.3.